The Morgan fingerprint density at radius 1 is 1.33 bits per heavy atom. The molecule has 0 amide bonds. The van der Waals surface area contributed by atoms with Gasteiger partial charge in [0.25, 0.3) is 0 Å². The van der Waals surface area contributed by atoms with Crippen LogP contribution >= 0.6 is 0 Å². The molecule has 0 aromatic rings. The van der Waals surface area contributed by atoms with Gasteiger partial charge < -0.3 is 0 Å². The minimum atomic E-state index is 0.976. The van der Waals surface area contributed by atoms with Crippen molar-refractivity contribution in [2.75, 3.05) is 6.54 Å². The summed E-state index contributed by atoms with van der Waals surface area (Å²) in [4.78, 5) is 0. The van der Waals surface area contributed by atoms with Crippen molar-refractivity contribution in [3.8, 4) is 0 Å². The fourth-order valence-corrected chi connectivity index (χ4v) is 1.22. The van der Waals surface area contributed by atoms with Gasteiger partial charge >= 0.3 is 0 Å². The van der Waals surface area contributed by atoms with E-state index < -0.39 is 0 Å². The first kappa shape index (κ1) is 9.07. The Hall–Kier alpha value is -1.02. The van der Waals surface area contributed by atoms with Gasteiger partial charge in [0.15, 0.2) is 0 Å². The molecule has 0 aromatic heterocycles. The van der Waals surface area contributed by atoms with Crippen LogP contribution in [0.5, 0.6) is 0 Å². The Balaban J connectivity index is 0.000000336. The summed E-state index contributed by atoms with van der Waals surface area (Å²) in [5.41, 5.74) is 5.93. The number of nitrogens with one attached hydrogen (secondary N) is 1. The lowest BCUT2D eigenvalue weighted by Crippen LogP contribution is -2.26. The molecule has 0 saturated heterocycles. The fourth-order valence-electron chi connectivity index (χ4n) is 1.22. The van der Waals surface area contributed by atoms with E-state index in [1.54, 1.807) is 0 Å². The number of hydrogen-bond acceptors (Lipinski definition) is 2. The zero-order chi connectivity index (χ0) is 8.97. The molecule has 2 rings (SSSR count). The van der Waals surface area contributed by atoms with Crippen LogP contribution in [0.25, 0.3) is 0 Å². The molecule has 0 radical (unpaired) electrons. The van der Waals surface area contributed by atoms with Crippen molar-refractivity contribution in [3.63, 3.8) is 0 Å². The molecule has 2 heterocycles. The van der Waals surface area contributed by atoms with Crippen molar-refractivity contribution in [1.82, 2.24) is 10.4 Å². The number of hydrogen-bond donors (Lipinski definition) is 1. The fraction of sp³-hybridized carbons (Fsp3) is 0.400. The van der Waals surface area contributed by atoms with Crippen molar-refractivity contribution in [2.45, 2.75) is 20.8 Å². The average molecular weight is 164 g/mol. The molecule has 2 nitrogen and oxygen atoms in total. The molecule has 12 heavy (non-hydrogen) atoms. The summed E-state index contributed by atoms with van der Waals surface area (Å²) in [6.45, 7) is 7.12. The number of allylic oxidation sites excluding steroid dienone is 3. The van der Waals surface area contributed by atoms with Gasteiger partial charge in [0.2, 0.25) is 0 Å². The van der Waals surface area contributed by atoms with Gasteiger partial charge in [-0.1, -0.05) is 19.9 Å². The first-order chi connectivity index (χ1) is 5.88. The molecule has 0 atom stereocenters. The molecule has 0 spiro atoms. The van der Waals surface area contributed by atoms with Gasteiger partial charge in [0, 0.05) is 12.7 Å². The molecule has 2 heteroatoms. The van der Waals surface area contributed by atoms with Crippen LogP contribution in [0.1, 0.15) is 20.8 Å². The van der Waals surface area contributed by atoms with Crippen LogP contribution in [0, 0.1) is 0 Å². The van der Waals surface area contributed by atoms with Crippen molar-refractivity contribution in [2.24, 2.45) is 0 Å². The summed E-state index contributed by atoms with van der Waals surface area (Å²) in [7, 11) is 0. The molecule has 0 bridgehead atoms. The summed E-state index contributed by atoms with van der Waals surface area (Å²) in [5.74, 6) is 0. The lowest BCUT2D eigenvalue weighted by molar-refractivity contribution is 0.395. The number of rotatable bonds is 0. The van der Waals surface area contributed by atoms with Crippen molar-refractivity contribution < 1.29 is 0 Å². The highest BCUT2D eigenvalue weighted by molar-refractivity contribution is 5.34. The van der Waals surface area contributed by atoms with E-state index in [0.29, 0.717) is 0 Å². The van der Waals surface area contributed by atoms with Gasteiger partial charge in [-0.15, -0.1) is 0 Å². The molecular weight excluding hydrogens is 148 g/mol. The SMILES string of the molecule is CC.CC1=C2C=CC=CN2NC1. The molecule has 0 fully saturated rings. The van der Waals surface area contributed by atoms with E-state index in [1.165, 1.54) is 11.3 Å². The van der Waals surface area contributed by atoms with Crippen LogP contribution in [0.4, 0.5) is 0 Å². The number of fused-ring (bicyclic) bond motifs is 1. The predicted molar refractivity (Wildman–Crippen MR) is 52.2 cm³/mol. The van der Waals surface area contributed by atoms with E-state index in [9.17, 15) is 0 Å². The largest absolute Gasteiger partial charge is 0.284 e. The second kappa shape index (κ2) is 4.12. The Bertz CT molecular complexity index is 236. The molecule has 1 N–H and O–H groups in total. The first-order valence-electron chi connectivity index (χ1n) is 4.45. The van der Waals surface area contributed by atoms with Crippen LogP contribution in [0.2, 0.25) is 0 Å². The monoisotopic (exact) mass is 164 g/mol. The normalized spacial score (nSPS) is 19.1. The predicted octanol–water partition coefficient (Wildman–Crippen LogP) is 2.19. The molecule has 0 saturated carbocycles. The topological polar surface area (TPSA) is 15.3 Å². The highest BCUT2D eigenvalue weighted by Gasteiger charge is 2.15. The van der Waals surface area contributed by atoms with E-state index in [2.05, 4.69) is 29.5 Å². The standard InChI is InChI=1S/C8H10N2.C2H6/c1-7-6-9-10-5-3-2-4-8(7)10;1-2/h2-5,9H,6H2,1H3;1-2H3. The van der Waals surface area contributed by atoms with Crippen molar-refractivity contribution in [3.05, 3.63) is 35.7 Å². The Labute approximate surface area is 74.2 Å². The molecule has 0 aliphatic carbocycles. The molecule has 0 unspecified atom stereocenters. The maximum Gasteiger partial charge on any atom is 0.0573 e. The minimum absolute atomic E-state index is 0.976. The van der Waals surface area contributed by atoms with E-state index in [4.69, 9.17) is 0 Å². The van der Waals surface area contributed by atoms with Crippen LogP contribution in [-0.2, 0) is 0 Å². The quantitative estimate of drug-likeness (QED) is 0.590. The second-order valence-corrected chi connectivity index (χ2v) is 2.57. The van der Waals surface area contributed by atoms with E-state index >= 15 is 0 Å². The van der Waals surface area contributed by atoms with Gasteiger partial charge in [-0.05, 0) is 24.6 Å². The van der Waals surface area contributed by atoms with Crippen LogP contribution in [0.3, 0.4) is 0 Å². The number of nitrogens with zero attached hydrogens (tertiary/aromatic N) is 1. The van der Waals surface area contributed by atoms with Gasteiger partial charge in [-0.3, -0.25) is 5.01 Å². The van der Waals surface area contributed by atoms with Crippen LogP contribution in [0.15, 0.2) is 35.7 Å². The lowest BCUT2D eigenvalue weighted by atomic mass is 10.2. The van der Waals surface area contributed by atoms with Gasteiger partial charge in [0.05, 0.1) is 5.70 Å². The summed E-state index contributed by atoms with van der Waals surface area (Å²) in [5, 5.41) is 2.05. The zero-order valence-corrected chi connectivity index (χ0v) is 7.96. The highest BCUT2D eigenvalue weighted by Crippen LogP contribution is 2.18. The average Bonchev–Trinajstić information content (AvgIpc) is 2.53. The number of hydrazine groups is 1. The third-order valence-electron chi connectivity index (χ3n) is 1.81. The van der Waals surface area contributed by atoms with Crippen molar-refractivity contribution in [1.29, 1.82) is 0 Å². The van der Waals surface area contributed by atoms with Gasteiger partial charge in [0.1, 0.15) is 0 Å². The maximum atomic E-state index is 3.23. The van der Waals surface area contributed by atoms with Crippen LogP contribution in [-0.4, -0.2) is 11.6 Å². The lowest BCUT2D eigenvalue weighted by Gasteiger charge is -2.16. The van der Waals surface area contributed by atoms with E-state index in [0.717, 1.165) is 6.54 Å². The summed E-state index contributed by atoms with van der Waals surface area (Å²) >= 11 is 0. The minimum Gasteiger partial charge on any atom is -0.284 e. The zero-order valence-electron chi connectivity index (χ0n) is 7.96. The molecule has 66 valence electrons. The third-order valence-corrected chi connectivity index (χ3v) is 1.81. The van der Waals surface area contributed by atoms with Crippen LogP contribution < -0.4 is 5.43 Å². The van der Waals surface area contributed by atoms with Gasteiger partial charge in [-0.2, -0.15) is 0 Å². The Morgan fingerprint density at radius 3 is 2.75 bits per heavy atom. The highest BCUT2D eigenvalue weighted by atomic mass is 15.5. The molecule has 0 aromatic carbocycles. The first-order valence-corrected chi connectivity index (χ1v) is 4.45. The maximum absolute atomic E-state index is 3.23. The van der Waals surface area contributed by atoms with E-state index in [-0.39, 0.29) is 0 Å². The van der Waals surface area contributed by atoms with E-state index in [1.807, 2.05) is 26.1 Å². The molecule has 2 aliphatic heterocycles. The second-order valence-electron chi connectivity index (χ2n) is 2.57. The third kappa shape index (κ3) is 1.59. The Morgan fingerprint density at radius 2 is 2.08 bits per heavy atom. The molecular formula is C10H16N2. The summed E-state index contributed by atoms with van der Waals surface area (Å²) in [6.07, 6.45) is 8.23. The summed E-state index contributed by atoms with van der Waals surface area (Å²) in [6, 6.07) is 0. The van der Waals surface area contributed by atoms with Crippen molar-refractivity contribution >= 4 is 0 Å². The summed E-state index contributed by atoms with van der Waals surface area (Å²) < 4.78 is 0. The molecule has 2 aliphatic rings. The van der Waals surface area contributed by atoms with Gasteiger partial charge in [-0.25, -0.2) is 5.43 Å². The smallest absolute Gasteiger partial charge is 0.0573 e. The Kier molecular flexibility index (Phi) is 3.11.